The maximum absolute atomic E-state index is 13.2. The van der Waals surface area contributed by atoms with Gasteiger partial charge in [-0.2, -0.15) is 0 Å². The number of esters is 1. The molecule has 2 aromatic rings. The first-order chi connectivity index (χ1) is 12.6. The van der Waals surface area contributed by atoms with Crippen molar-refractivity contribution >= 4 is 29.2 Å². The summed E-state index contributed by atoms with van der Waals surface area (Å²) in [5.41, 5.74) is 1.32. The summed E-state index contributed by atoms with van der Waals surface area (Å²) in [7, 11) is 0. The Morgan fingerprint density at radius 2 is 1.81 bits per heavy atom. The number of carbonyl (C=O) groups excluding carboxylic acids is 2. The second kappa shape index (κ2) is 7.92. The van der Waals surface area contributed by atoms with E-state index in [-0.39, 0.29) is 18.1 Å². The summed E-state index contributed by atoms with van der Waals surface area (Å²) in [6.45, 7) is 2.00. The first-order valence-corrected chi connectivity index (χ1v) is 9.28. The average Bonchev–Trinajstić information content (AvgIpc) is 3.15. The molecule has 4 nitrogen and oxygen atoms in total. The highest BCUT2D eigenvalue weighted by Gasteiger charge is 2.42. The second-order valence-corrected chi connectivity index (χ2v) is 6.93. The van der Waals surface area contributed by atoms with Crippen LogP contribution >= 0.6 is 11.6 Å². The van der Waals surface area contributed by atoms with Crippen LogP contribution in [0.4, 0.5) is 5.69 Å². The topological polar surface area (TPSA) is 55.4 Å². The Bertz CT molecular complexity index is 798. The van der Waals surface area contributed by atoms with Gasteiger partial charge in [-0.1, -0.05) is 54.8 Å². The quantitative estimate of drug-likeness (QED) is 0.755. The summed E-state index contributed by atoms with van der Waals surface area (Å²) in [5.74, 6) is -0.537. The van der Waals surface area contributed by atoms with Crippen molar-refractivity contribution in [3.05, 3.63) is 64.7 Å². The van der Waals surface area contributed by atoms with Crippen molar-refractivity contribution in [2.24, 2.45) is 0 Å². The molecule has 2 aromatic carbocycles. The number of hydrogen-bond acceptors (Lipinski definition) is 3. The largest absolute Gasteiger partial charge is 0.462 e. The van der Waals surface area contributed by atoms with Crippen LogP contribution in [0.2, 0.25) is 5.02 Å². The summed E-state index contributed by atoms with van der Waals surface area (Å²) < 4.78 is 5.02. The van der Waals surface area contributed by atoms with Gasteiger partial charge in [0, 0.05) is 5.69 Å². The normalized spacial score (nSPS) is 15.5. The van der Waals surface area contributed by atoms with E-state index in [9.17, 15) is 9.59 Å². The molecule has 0 heterocycles. The van der Waals surface area contributed by atoms with Crippen molar-refractivity contribution < 1.29 is 14.3 Å². The SMILES string of the molecule is CCOC(=O)c1cc(NC(=O)C2(c3ccccc3)CCCC2)ccc1Cl. The summed E-state index contributed by atoms with van der Waals surface area (Å²) in [6, 6.07) is 14.8. The number of hydrogen-bond donors (Lipinski definition) is 1. The van der Waals surface area contributed by atoms with Gasteiger partial charge in [-0.3, -0.25) is 4.79 Å². The Kier molecular flexibility index (Phi) is 5.62. The predicted molar refractivity (Wildman–Crippen MR) is 103 cm³/mol. The van der Waals surface area contributed by atoms with Gasteiger partial charge in [0.25, 0.3) is 0 Å². The number of ether oxygens (including phenoxy) is 1. The molecule has 5 heteroatoms. The van der Waals surface area contributed by atoms with Crippen LogP contribution in [0.15, 0.2) is 48.5 Å². The van der Waals surface area contributed by atoms with Crippen LogP contribution in [0.25, 0.3) is 0 Å². The zero-order valence-corrected chi connectivity index (χ0v) is 15.5. The van der Waals surface area contributed by atoms with Gasteiger partial charge < -0.3 is 10.1 Å². The zero-order valence-electron chi connectivity index (χ0n) is 14.8. The summed E-state index contributed by atoms with van der Waals surface area (Å²) in [5, 5.41) is 3.29. The number of rotatable bonds is 5. The smallest absolute Gasteiger partial charge is 0.339 e. The molecule has 0 bridgehead atoms. The fourth-order valence-electron chi connectivity index (χ4n) is 3.60. The lowest BCUT2D eigenvalue weighted by Crippen LogP contribution is -2.38. The standard InChI is InChI=1S/C21H22ClNO3/c1-2-26-19(24)17-14-16(10-11-18(17)22)23-20(25)21(12-6-7-13-21)15-8-4-3-5-9-15/h3-5,8-11,14H,2,6-7,12-13H2,1H3,(H,23,25). The highest BCUT2D eigenvalue weighted by molar-refractivity contribution is 6.33. The van der Waals surface area contributed by atoms with Gasteiger partial charge in [-0.25, -0.2) is 4.79 Å². The van der Waals surface area contributed by atoms with Crippen LogP contribution in [-0.2, 0) is 14.9 Å². The van der Waals surface area contributed by atoms with Crippen molar-refractivity contribution in [3.8, 4) is 0 Å². The van der Waals surface area contributed by atoms with Crippen LogP contribution in [0.1, 0.15) is 48.5 Å². The zero-order chi connectivity index (χ0) is 18.6. The number of anilines is 1. The lowest BCUT2D eigenvalue weighted by molar-refractivity contribution is -0.121. The Morgan fingerprint density at radius 3 is 2.46 bits per heavy atom. The van der Waals surface area contributed by atoms with Gasteiger partial charge >= 0.3 is 5.97 Å². The highest BCUT2D eigenvalue weighted by Crippen LogP contribution is 2.42. The predicted octanol–water partition coefficient (Wildman–Crippen LogP) is 4.97. The molecular formula is C21H22ClNO3. The molecule has 1 fully saturated rings. The highest BCUT2D eigenvalue weighted by atomic mass is 35.5. The number of carbonyl (C=O) groups is 2. The molecule has 3 rings (SSSR count). The molecule has 0 atom stereocenters. The van der Waals surface area contributed by atoms with Crippen molar-refractivity contribution in [3.63, 3.8) is 0 Å². The van der Waals surface area contributed by atoms with Crippen molar-refractivity contribution in [1.29, 1.82) is 0 Å². The van der Waals surface area contributed by atoms with E-state index in [1.807, 2.05) is 30.3 Å². The average molecular weight is 372 g/mol. The molecule has 0 unspecified atom stereocenters. The molecule has 26 heavy (non-hydrogen) atoms. The number of halogens is 1. The molecule has 0 aliphatic heterocycles. The third-order valence-electron chi connectivity index (χ3n) is 4.94. The fourth-order valence-corrected chi connectivity index (χ4v) is 3.80. The molecule has 1 aliphatic rings. The third-order valence-corrected chi connectivity index (χ3v) is 5.27. The van der Waals surface area contributed by atoms with Gasteiger partial charge in [0.15, 0.2) is 0 Å². The van der Waals surface area contributed by atoms with Crippen molar-refractivity contribution in [1.82, 2.24) is 0 Å². The van der Waals surface area contributed by atoms with E-state index in [1.165, 1.54) is 0 Å². The molecular weight excluding hydrogens is 350 g/mol. The molecule has 0 radical (unpaired) electrons. The number of benzene rings is 2. The van der Waals surface area contributed by atoms with Crippen molar-refractivity contribution in [2.45, 2.75) is 38.0 Å². The molecule has 1 amide bonds. The van der Waals surface area contributed by atoms with E-state index in [1.54, 1.807) is 25.1 Å². The fraction of sp³-hybridized carbons (Fsp3) is 0.333. The molecule has 0 saturated heterocycles. The monoisotopic (exact) mass is 371 g/mol. The Morgan fingerprint density at radius 1 is 1.12 bits per heavy atom. The van der Waals surface area contributed by atoms with E-state index >= 15 is 0 Å². The van der Waals surface area contributed by atoms with E-state index < -0.39 is 11.4 Å². The van der Waals surface area contributed by atoms with Gasteiger partial charge in [0.2, 0.25) is 5.91 Å². The van der Waals surface area contributed by atoms with E-state index in [0.717, 1.165) is 31.2 Å². The summed E-state index contributed by atoms with van der Waals surface area (Å²) >= 11 is 6.10. The third kappa shape index (κ3) is 3.61. The van der Waals surface area contributed by atoms with E-state index in [4.69, 9.17) is 16.3 Å². The summed E-state index contributed by atoms with van der Waals surface area (Å²) in [6.07, 6.45) is 3.69. The minimum atomic E-state index is -0.523. The molecule has 1 aliphatic carbocycles. The van der Waals surface area contributed by atoms with Crippen LogP contribution in [-0.4, -0.2) is 18.5 Å². The van der Waals surface area contributed by atoms with E-state index in [2.05, 4.69) is 5.32 Å². The maximum atomic E-state index is 13.2. The maximum Gasteiger partial charge on any atom is 0.339 e. The van der Waals surface area contributed by atoms with Gasteiger partial charge in [0.05, 0.1) is 22.6 Å². The minimum Gasteiger partial charge on any atom is -0.462 e. The van der Waals surface area contributed by atoms with E-state index in [0.29, 0.717) is 10.7 Å². The van der Waals surface area contributed by atoms with Crippen LogP contribution in [0, 0.1) is 0 Å². The van der Waals surface area contributed by atoms with Gasteiger partial charge in [0.1, 0.15) is 0 Å². The van der Waals surface area contributed by atoms with Crippen LogP contribution in [0.5, 0.6) is 0 Å². The first kappa shape index (κ1) is 18.5. The second-order valence-electron chi connectivity index (χ2n) is 6.52. The molecule has 0 aromatic heterocycles. The molecule has 0 spiro atoms. The lowest BCUT2D eigenvalue weighted by Gasteiger charge is -2.28. The molecule has 1 N–H and O–H groups in total. The van der Waals surface area contributed by atoms with Crippen LogP contribution < -0.4 is 5.32 Å². The first-order valence-electron chi connectivity index (χ1n) is 8.90. The summed E-state index contributed by atoms with van der Waals surface area (Å²) in [4.78, 5) is 25.2. The van der Waals surface area contributed by atoms with Gasteiger partial charge in [-0.15, -0.1) is 0 Å². The van der Waals surface area contributed by atoms with Gasteiger partial charge in [-0.05, 0) is 43.5 Å². The number of nitrogens with one attached hydrogen (secondary N) is 1. The van der Waals surface area contributed by atoms with Crippen molar-refractivity contribution in [2.75, 3.05) is 11.9 Å². The molecule has 136 valence electrons. The number of amides is 1. The Labute approximate surface area is 158 Å². The Balaban J connectivity index is 1.87. The lowest BCUT2D eigenvalue weighted by atomic mass is 9.78. The van der Waals surface area contributed by atoms with Crippen LogP contribution in [0.3, 0.4) is 0 Å². The minimum absolute atomic E-state index is 0.0432. The Hall–Kier alpha value is -2.33. The molecule has 1 saturated carbocycles.